The Labute approximate surface area is 132 Å². The third kappa shape index (κ3) is 2.70. The highest BCUT2D eigenvalue weighted by Crippen LogP contribution is 2.37. The Bertz CT molecular complexity index is 659. The second kappa shape index (κ2) is 6.16. The quantitative estimate of drug-likeness (QED) is 0.891. The minimum absolute atomic E-state index is 0.208. The van der Waals surface area contributed by atoms with Crippen molar-refractivity contribution in [3.63, 3.8) is 0 Å². The van der Waals surface area contributed by atoms with E-state index in [0.717, 1.165) is 24.3 Å². The first-order chi connectivity index (χ1) is 10.2. The smallest absolute Gasteiger partial charge is 0.142 e. The largest absolute Gasteiger partial charge is 0.493 e. The Hall–Kier alpha value is -1.39. The van der Waals surface area contributed by atoms with Gasteiger partial charge in [-0.3, -0.25) is 0 Å². The standard InChI is InChI=1S/C17H17BrFNO/c1-2-20-16(12-6-4-8-14(18)15(12)19)13-7-3-5-11-9-10-21-17(11)13/h3-8,16,20H,2,9-10H2,1H3. The molecule has 1 N–H and O–H groups in total. The molecular formula is C17H17BrFNO. The van der Waals surface area contributed by atoms with Gasteiger partial charge in [0.05, 0.1) is 17.1 Å². The SMILES string of the molecule is CCNC(c1cccc(Br)c1F)c1cccc2c1OCC2. The van der Waals surface area contributed by atoms with Gasteiger partial charge in [-0.15, -0.1) is 0 Å². The van der Waals surface area contributed by atoms with Gasteiger partial charge in [-0.05, 0) is 34.1 Å². The van der Waals surface area contributed by atoms with E-state index in [9.17, 15) is 4.39 Å². The van der Waals surface area contributed by atoms with Gasteiger partial charge in [0.2, 0.25) is 0 Å². The van der Waals surface area contributed by atoms with E-state index in [-0.39, 0.29) is 11.9 Å². The predicted molar refractivity (Wildman–Crippen MR) is 85.3 cm³/mol. The van der Waals surface area contributed by atoms with Crippen LogP contribution in [0.25, 0.3) is 0 Å². The van der Waals surface area contributed by atoms with Gasteiger partial charge in [-0.25, -0.2) is 4.39 Å². The van der Waals surface area contributed by atoms with Crippen molar-refractivity contribution >= 4 is 15.9 Å². The third-order valence-electron chi connectivity index (χ3n) is 3.76. The summed E-state index contributed by atoms with van der Waals surface area (Å²) < 4.78 is 20.7. The molecule has 0 aliphatic carbocycles. The number of hydrogen-bond donors (Lipinski definition) is 1. The van der Waals surface area contributed by atoms with Crippen LogP contribution in [0, 0.1) is 5.82 Å². The molecule has 110 valence electrons. The van der Waals surface area contributed by atoms with E-state index in [4.69, 9.17) is 4.74 Å². The van der Waals surface area contributed by atoms with E-state index in [1.54, 1.807) is 6.07 Å². The fourth-order valence-electron chi connectivity index (χ4n) is 2.80. The topological polar surface area (TPSA) is 21.3 Å². The molecule has 1 aliphatic heterocycles. The second-order valence-electron chi connectivity index (χ2n) is 5.07. The summed E-state index contributed by atoms with van der Waals surface area (Å²) in [5.74, 6) is 0.682. The maximum Gasteiger partial charge on any atom is 0.142 e. The summed E-state index contributed by atoms with van der Waals surface area (Å²) in [6, 6.07) is 11.3. The van der Waals surface area contributed by atoms with Gasteiger partial charge in [0.25, 0.3) is 0 Å². The monoisotopic (exact) mass is 349 g/mol. The van der Waals surface area contributed by atoms with E-state index < -0.39 is 0 Å². The molecule has 0 radical (unpaired) electrons. The summed E-state index contributed by atoms with van der Waals surface area (Å²) in [5, 5.41) is 3.37. The molecular weight excluding hydrogens is 333 g/mol. The summed E-state index contributed by atoms with van der Waals surface area (Å²) in [4.78, 5) is 0. The lowest BCUT2D eigenvalue weighted by Crippen LogP contribution is -2.23. The van der Waals surface area contributed by atoms with Crippen LogP contribution >= 0.6 is 15.9 Å². The Morgan fingerprint density at radius 3 is 2.81 bits per heavy atom. The molecule has 0 amide bonds. The van der Waals surface area contributed by atoms with E-state index in [2.05, 4.69) is 27.3 Å². The van der Waals surface area contributed by atoms with Gasteiger partial charge in [0.1, 0.15) is 11.6 Å². The van der Waals surface area contributed by atoms with Crippen LogP contribution in [0.5, 0.6) is 5.75 Å². The van der Waals surface area contributed by atoms with Crippen LogP contribution in [0.2, 0.25) is 0 Å². The number of ether oxygens (including phenoxy) is 1. The van der Waals surface area contributed by atoms with Crippen molar-refractivity contribution in [2.75, 3.05) is 13.2 Å². The number of nitrogens with one attached hydrogen (secondary N) is 1. The maximum absolute atomic E-state index is 14.5. The van der Waals surface area contributed by atoms with E-state index >= 15 is 0 Å². The lowest BCUT2D eigenvalue weighted by molar-refractivity contribution is 0.350. The molecule has 1 unspecified atom stereocenters. The zero-order valence-corrected chi connectivity index (χ0v) is 13.4. The highest BCUT2D eigenvalue weighted by molar-refractivity contribution is 9.10. The summed E-state index contributed by atoms with van der Waals surface area (Å²) >= 11 is 3.27. The molecule has 21 heavy (non-hydrogen) atoms. The van der Waals surface area contributed by atoms with E-state index in [1.165, 1.54) is 5.56 Å². The fourth-order valence-corrected chi connectivity index (χ4v) is 3.18. The summed E-state index contributed by atoms with van der Waals surface area (Å²) in [6.07, 6.45) is 0.920. The van der Waals surface area contributed by atoms with Crippen LogP contribution in [0.1, 0.15) is 29.7 Å². The van der Waals surface area contributed by atoms with Crippen LogP contribution in [0.3, 0.4) is 0 Å². The average Bonchev–Trinajstić information content (AvgIpc) is 2.97. The van der Waals surface area contributed by atoms with Crippen molar-refractivity contribution in [3.05, 3.63) is 63.4 Å². The highest BCUT2D eigenvalue weighted by Gasteiger charge is 2.25. The predicted octanol–water partition coefficient (Wildman–Crippen LogP) is 4.22. The van der Waals surface area contributed by atoms with Crippen LogP contribution in [-0.2, 0) is 6.42 Å². The van der Waals surface area contributed by atoms with E-state index in [0.29, 0.717) is 16.6 Å². The molecule has 0 fully saturated rings. The molecule has 2 aromatic carbocycles. The minimum Gasteiger partial charge on any atom is -0.493 e. The summed E-state index contributed by atoms with van der Waals surface area (Å²) in [5.41, 5.74) is 2.84. The lowest BCUT2D eigenvalue weighted by atomic mass is 9.95. The van der Waals surface area contributed by atoms with Gasteiger partial charge in [-0.2, -0.15) is 0 Å². The van der Waals surface area contributed by atoms with Gasteiger partial charge in [0.15, 0.2) is 0 Å². The molecule has 0 bridgehead atoms. The number of hydrogen-bond acceptors (Lipinski definition) is 2. The molecule has 2 aromatic rings. The van der Waals surface area contributed by atoms with Crippen molar-refractivity contribution in [3.8, 4) is 5.75 Å². The zero-order valence-electron chi connectivity index (χ0n) is 11.8. The van der Waals surface area contributed by atoms with Crippen molar-refractivity contribution in [2.24, 2.45) is 0 Å². The third-order valence-corrected chi connectivity index (χ3v) is 4.37. The molecule has 0 saturated heterocycles. The number of halogens is 2. The molecule has 1 heterocycles. The molecule has 3 rings (SSSR count). The van der Waals surface area contributed by atoms with Crippen LogP contribution in [0.15, 0.2) is 40.9 Å². The first-order valence-electron chi connectivity index (χ1n) is 7.14. The Balaban J connectivity index is 2.11. The summed E-state index contributed by atoms with van der Waals surface area (Å²) in [7, 11) is 0. The first-order valence-corrected chi connectivity index (χ1v) is 7.93. The Kier molecular flexibility index (Phi) is 4.27. The lowest BCUT2D eigenvalue weighted by Gasteiger charge is -2.22. The normalized spacial score (nSPS) is 14.6. The highest BCUT2D eigenvalue weighted by atomic mass is 79.9. The maximum atomic E-state index is 14.5. The molecule has 1 atom stereocenters. The van der Waals surface area contributed by atoms with Crippen LogP contribution in [0.4, 0.5) is 4.39 Å². The zero-order chi connectivity index (χ0) is 14.8. The van der Waals surface area contributed by atoms with Crippen molar-refractivity contribution in [2.45, 2.75) is 19.4 Å². The molecule has 0 aromatic heterocycles. The molecule has 4 heteroatoms. The van der Waals surface area contributed by atoms with Crippen molar-refractivity contribution < 1.29 is 9.13 Å². The second-order valence-corrected chi connectivity index (χ2v) is 5.92. The van der Waals surface area contributed by atoms with Gasteiger partial charge in [-0.1, -0.05) is 37.3 Å². The fraction of sp³-hybridized carbons (Fsp3) is 0.294. The number of fused-ring (bicyclic) bond motifs is 1. The number of para-hydroxylation sites is 1. The Morgan fingerprint density at radius 2 is 2.00 bits per heavy atom. The van der Waals surface area contributed by atoms with Crippen LogP contribution in [-0.4, -0.2) is 13.2 Å². The molecule has 2 nitrogen and oxygen atoms in total. The number of rotatable bonds is 4. The molecule has 0 spiro atoms. The number of benzene rings is 2. The summed E-state index contributed by atoms with van der Waals surface area (Å²) in [6.45, 7) is 3.47. The van der Waals surface area contributed by atoms with Crippen LogP contribution < -0.4 is 10.1 Å². The average molecular weight is 350 g/mol. The first kappa shape index (κ1) is 14.5. The molecule has 1 aliphatic rings. The van der Waals surface area contributed by atoms with E-state index in [1.807, 2.05) is 31.2 Å². The molecule has 0 saturated carbocycles. The van der Waals surface area contributed by atoms with Gasteiger partial charge >= 0.3 is 0 Å². The van der Waals surface area contributed by atoms with Crippen molar-refractivity contribution in [1.82, 2.24) is 5.32 Å². The van der Waals surface area contributed by atoms with Crippen molar-refractivity contribution in [1.29, 1.82) is 0 Å². The minimum atomic E-state index is -0.223. The Morgan fingerprint density at radius 1 is 1.24 bits per heavy atom. The van der Waals surface area contributed by atoms with Gasteiger partial charge < -0.3 is 10.1 Å². The van der Waals surface area contributed by atoms with Gasteiger partial charge in [0, 0.05) is 17.5 Å².